The Hall–Kier alpha value is -2.30. The molecular weight excluding hydrogens is 320 g/mol. The number of thiazole rings is 2. The molecule has 4 aromatic rings. The van der Waals surface area contributed by atoms with E-state index in [9.17, 15) is 0 Å². The Bertz CT molecular complexity index is 821. The average Bonchev–Trinajstić information content (AvgIpc) is 3.29. The highest BCUT2D eigenvalue weighted by Crippen LogP contribution is 2.26. The third-order valence-electron chi connectivity index (χ3n) is 3.62. The largest absolute Gasteiger partial charge is 0.245 e. The lowest BCUT2D eigenvalue weighted by atomic mass is 10.0. The first-order chi connectivity index (χ1) is 11.4. The van der Waals surface area contributed by atoms with E-state index >= 15 is 0 Å². The van der Waals surface area contributed by atoms with Gasteiger partial charge in [0.05, 0.1) is 0 Å². The van der Waals surface area contributed by atoms with Crippen LogP contribution in [0, 0.1) is 0 Å². The van der Waals surface area contributed by atoms with Gasteiger partial charge in [-0.1, -0.05) is 36.4 Å². The quantitative estimate of drug-likeness (QED) is 0.491. The zero-order chi connectivity index (χ0) is 15.5. The summed E-state index contributed by atoms with van der Waals surface area (Å²) in [6.07, 6.45) is 4.62. The lowest BCUT2D eigenvalue weighted by Gasteiger charge is -2.06. The van der Waals surface area contributed by atoms with Crippen LogP contribution in [0.2, 0.25) is 0 Å². The van der Waals surface area contributed by atoms with Crippen LogP contribution >= 0.6 is 22.7 Å². The molecule has 23 heavy (non-hydrogen) atoms. The van der Waals surface area contributed by atoms with Crippen LogP contribution in [-0.2, 0) is 6.42 Å². The van der Waals surface area contributed by atoms with Crippen LogP contribution in [0.3, 0.4) is 0 Å². The van der Waals surface area contributed by atoms with E-state index in [0.29, 0.717) is 0 Å². The lowest BCUT2D eigenvalue weighted by molar-refractivity contribution is 1.19. The molecule has 0 unspecified atom stereocenters. The molecule has 0 amide bonds. The van der Waals surface area contributed by atoms with E-state index in [0.717, 1.165) is 16.4 Å². The molecule has 0 saturated heterocycles. The standard InChI is InChI=1S/C19H14N2S2/c1-3-14(12-16(5-1)18-20-7-9-22-18)11-15-4-2-6-17(13-15)19-21-8-10-23-19/h1-10,12-13H,11H2. The van der Waals surface area contributed by atoms with Crippen LogP contribution in [0.25, 0.3) is 21.1 Å². The Morgan fingerprint density at radius 1 is 0.696 bits per heavy atom. The van der Waals surface area contributed by atoms with Crippen molar-refractivity contribution in [2.24, 2.45) is 0 Å². The summed E-state index contributed by atoms with van der Waals surface area (Å²) in [5, 5.41) is 6.17. The monoisotopic (exact) mass is 334 g/mol. The molecule has 0 aliphatic heterocycles. The normalized spacial score (nSPS) is 10.8. The van der Waals surface area contributed by atoms with Gasteiger partial charge in [0.15, 0.2) is 0 Å². The SMILES string of the molecule is c1cc(Cc2cccc(-c3nccs3)c2)cc(-c2nccs2)c1. The second-order valence-corrected chi connectivity index (χ2v) is 7.04. The van der Waals surface area contributed by atoms with Crippen molar-refractivity contribution in [2.45, 2.75) is 6.42 Å². The molecule has 2 aromatic heterocycles. The maximum Gasteiger partial charge on any atom is 0.123 e. The van der Waals surface area contributed by atoms with Gasteiger partial charge in [0, 0.05) is 34.3 Å². The van der Waals surface area contributed by atoms with E-state index in [2.05, 4.69) is 58.5 Å². The second-order valence-electron chi connectivity index (χ2n) is 5.25. The van der Waals surface area contributed by atoms with Crippen LogP contribution < -0.4 is 0 Å². The molecule has 4 rings (SSSR count). The summed E-state index contributed by atoms with van der Waals surface area (Å²) < 4.78 is 0. The second kappa shape index (κ2) is 6.44. The summed E-state index contributed by atoms with van der Waals surface area (Å²) in [6.45, 7) is 0. The van der Waals surface area contributed by atoms with Gasteiger partial charge in [0.2, 0.25) is 0 Å². The zero-order valence-electron chi connectivity index (χ0n) is 12.3. The number of hydrogen-bond acceptors (Lipinski definition) is 4. The predicted octanol–water partition coefficient (Wildman–Crippen LogP) is 5.52. The molecule has 0 aliphatic carbocycles. The number of nitrogens with zero attached hydrogens (tertiary/aromatic N) is 2. The van der Waals surface area contributed by atoms with Gasteiger partial charge in [-0.15, -0.1) is 22.7 Å². The van der Waals surface area contributed by atoms with Gasteiger partial charge in [-0.05, 0) is 29.7 Å². The minimum absolute atomic E-state index is 0.915. The van der Waals surface area contributed by atoms with Crippen molar-refractivity contribution < 1.29 is 0 Å². The van der Waals surface area contributed by atoms with Gasteiger partial charge in [-0.3, -0.25) is 0 Å². The van der Waals surface area contributed by atoms with Gasteiger partial charge in [-0.2, -0.15) is 0 Å². The summed E-state index contributed by atoms with van der Waals surface area (Å²) >= 11 is 3.35. The summed E-state index contributed by atoms with van der Waals surface area (Å²) in [7, 11) is 0. The Morgan fingerprint density at radius 3 is 1.65 bits per heavy atom. The van der Waals surface area contributed by atoms with Crippen LogP contribution in [-0.4, -0.2) is 9.97 Å². The molecule has 0 spiro atoms. The summed E-state index contributed by atoms with van der Waals surface area (Å²) in [6, 6.07) is 17.3. The number of aromatic nitrogens is 2. The topological polar surface area (TPSA) is 25.8 Å². The summed E-state index contributed by atoms with van der Waals surface area (Å²) in [5.41, 5.74) is 4.98. The fourth-order valence-corrected chi connectivity index (χ4v) is 3.87. The van der Waals surface area contributed by atoms with Crippen LogP contribution in [0.5, 0.6) is 0 Å². The Kier molecular flexibility index (Phi) is 4.01. The molecule has 4 heteroatoms. The fraction of sp³-hybridized carbons (Fsp3) is 0.0526. The van der Waals surface area contributed by atoms with Crippen molar-refractivity contribution >= 4 is 22.7 Å². The van der Waals surface area contributed by atoms with Gasteiger partial charge < -0.3 is 0 Å². The van der Waals surface area contributed by atoms with Crippen molar-refractivity contribution in [1.29, 1.82) is 0 Å². The van der Waals surface area contributed by atoms with Crippen LogP contribution in [0.4, 0.5) is 0 Å². The van der Waals surface area contributed by atoms with E-state index in [4.69, 9.17) is 0 Å². The molecule has 112 valence electrons. The van der Waals surface area contributed by atoms with Crippen molar-refractivity contribution in [2.75, 3.05) is 0 Å². The van der Waals surface area contributed by atoms with Gasteiger partial charge in [-0.25, -0.2) is 9.97 Å². The average molecular weight is 334 g/mol. The highest BCUT2D eigenvalue weighted by Gasteiger charge is 2.05. The highest BCUT2D eigenvalue weighted by atomic mass is 32.1. The van der Waals surface area contributed by atoms with Crippen LogP contribution in [0.1, 0.15) is 11.1 Å². The first-order valence-electron chi connectivity index (χ1n) is 7.36. The fourth-order valence-electron chi connectivity index (χ4n) is 2.60. The Morgan fingerprint density at radius 2 is 1.22 bits per heavy atom. The molecule has 0 aliphatic rings. The van der Waals surface area contributed by atoms with Gasteiger partial charge in [0.1, 0.15) is 10.0 Å². The molecule has 2 nitrogen and oxygen atoms in total. The van der Waals surface area contributed by atoms with E-state index in [1.54, 1.807) is 22.7 Å². The predicted molar refractivity (Wildman–Crippen MR) is 97.9 cm³/mol. The van der Waals surface area contributed by atoms with E-state index in [1.165, 1.54) is 22.3 Å². The lowest BCUT2D eigenvalue weighted by Crippen LogP contribution is -1.89. The number of benzene rings is 2. The molecule has 0 bridgehead atoms. The maximum absolute atomic E-state index is 4.39. The van der Waals surface area contributed by atoms with Gasteiger partial charge in [0.25, 0.3) is 0 Å². The number of rotatable bonds is 4. The molecule has 0 radical (unpaired) electrons. The molecule has 2 heterocycles. The Labute approximate surface area is 143 Å². The van der Waals surface area contributed by atoms with Crippen molar-refractivity contribution in [1.82, 2.24) is 9.97 Å². The maximum atomic E-state index is 4.39. The first-order valence-corrected chi connectivity index (χ1v) is 9.12. The van der Waals surface area contributed by atoms with E-state index < -0.39 is 0 Å². The molecule has 2 aromatic carbocycles. The molecule has 0 N–H and O–H groups in total. The third-order valence-corrected chi connectivity index (χ3v) is 5.27. The summed E-state index contributed by atoms with van der Waals surface area (Å²) in [4.78, 5) is 8.79. The third kappa shape index (κ3) is 3.23. The smallest absolute Gasteiger partial charge is 0.123 e. The molecular formula is C19H14N2S2. The first kappa shape index (κ1) is 14.3. The van der Waals surface area contributed by atoms with Crippen molar-refractivity contribution in [3.8, 4) is 21.1 Å². The van der Waals surface area contributed by atoms with E-state index in [-0.39, 0.29) is 0 Å². The van der Waals surface area contributed by atoms with E-state index in [1.807, 2.05) is 23.2 Å². The number of hydrogen-bond donors (Lipinski definition) is 0. The van der Waals surface area contributed by atoms with Gasteiger partial charge >= 0.3 is 0 Å². The summed E-state index contributed by atoms with van der Waals surface area (Å²) in [5.74, 6) is 0. The van der Waals surface area contributed by atoms with Crippen molar-refractivity contribution in [3.05, 3.63) is 82.8 Å². The van der Waals surface area contributed by atoms with Crippen molar-refractivity contribution in [3.63, 3.8) is 0 Å². The Balaban J connectivity index is 1.61. The van der Waals surface area contributed by atoms with Crippen LogP contribution in [0.15, 0.2) is 71.7 Å². The highest BCUT2D eigenvalue weighted by molar-refractivity contribution is 7.13. The minimum Gasteiger partial charge on any atom is -0.245 e. The molecule has 0 saturated carbocycles. The minimum atomic E-state index is 0.915. The zero-order valence-corrected chi connectivity index (χ0v) is 14.0. The molecule has 0 fully saturated rings. The molecule has 0 atom stereocenters.